The van der Waals surface area contributed by atoms with Gasteiger partial charge < -0.3 is 36.4 Å². The second-order valence-corrected chi connectivity index (χ2v) is 16.0. The number of carboxylic acids is 1. The van der Waals surface area contributed by atoms with Crippen molar-refractivity contribution in [2.75, 3.05) is 23.8 Å². The van der Waals surface area contributed by atoms with Gasteiger partial charge in [-0.1, -0.05) is 54.2 Å². The molecule has 18 heteroatoms. The Bertz CT molecular complexity index is 1800. The van der Waals surface area contributed by atoms with Gasteiger partial charge in [-0.2, -0.15) is 0 Å². The van der Waals surface area contributed by atoms with Gasteiger partial charge in [-0.3, -0.25) is 34.1 Å². The fraction of sp³-hybridized carbons (Fsp3) is 0.389. The van der Waals surface area contributed by atoms with E-state index in [2.05, 4.69) is 36.9 Å². The van der Waals surface area contributed by atoms with E-state index in [0.717, 1.165) is 22.5 Å². The number of thioether (sulfide) groups is 1. The summed E-state index contributed by atoms with van der Waals surface area (Å²) in [5, 5.41) is 26.1. The van der Waals surface area contributed by atoms with Gasteiger partial charge in [0.1, 0.15) is 11.7 Å². The molecule has 1 unspecified atom stereocenters. The Balaban J connectivity index is 1.44. The Morgan fingerprint density at radius 1 is 0.852 bits per heavy atom. The molecular formula is C36H45N7O9S2. The summed E-state index contributed by atoms with van der Waals surface area (Å²) in [4.78, 5) is 89.9. The van der Waals surface area contributed by atoms with Crippen LogP contribution in [-0.4, -0.2) is 80.4 Å². The SMILES string of the molecule is CC(=O)SC(C)(C)COC(C)(C)CC(=O)NCc1ccc(NC(=O)C(CC(=O)O)NC(=O)CNC(=O)c2csc(NC(=O)NCc3ccccc3)n2)cc1. The van der Waals surface area contributed by atoms with E-state index in [1.54, 1.807) is 38.1 Å². The van der Waals surface area contributed by atoms with Crippen molar-refractivity contribution in [2.24, 2.45) is 0 Å². The zero-order valence-corrected chi connectivity index (χ0v) is 32.2. The van der Waals surface area contributed by atoms with Crippen molar-refractivity contribution in [3.8, 4) is 0 Å². The second-order valence-electron chi connectivity index (χ2n) is 13.3. The third-order valence-corrected chi connectivity index (χ3v) is 8.94. The molecule has 2 aromatic carbocycles. The highest BCUT2D eigenvalue weighted by molar-refractivity contribution is 8.14. The number of nitrogens with one attached hydrogen (secondary N) is 6. The van der Waals surface area contributed by atoms with E-state index in [-0.39, 0.29) is 48.0 Å². The summed E-state index contributed by atoms with van der Waals surface area (Å²) in [6.07, 6.45) is -0.641. The number of urea groups is 1. The number of amides is 6. The largest absolute Gasteiger partial charge is 0.481 e. The molecule has 0 saturated carbocycles. The number of hydrogen-bond donors (Lipinski definition) is 7. The molecule has 1 atom stereocenters. The maximum Gasteiger partial charge on any atom is 0.321 e. The van der Waals surface area contributed by atoms with E-state index in [0.29, 0.717) is 5.69 Å². The van der Waals surface area contributed by atoms with Gasteiger partial charge in [0.25, 0.3) is 5.91 Å². The van der Waals surface area contributed by atoms with E-state index in [4.69, 9.17) is 4.74 Å². The molecule has 290 valence electrons. The number of hydrogen-bond acceptors (Lipinski definition) is 11. The first-order chi connectivity index (χ1) is 25.4. The molecule has 7 N–H and O–H groups in total. The Kier molecular flexibility index (Phi) is 16.1. The van der Waals surface area contributed by atoms with E-state index in [1.807, 2.05) is 44.2 Å². The monoisotopic (exact) mass is 783 g/mol. The molecule has 0 radical (unpaired) electrons. The summed E-state index contributed by atoms with van der Waals surface area (Å²) in [6, 6.07) is 13.7. The quantitative estimate of drug-likeness (QED) is 0.0927. The highest BCUT2D eigenvalue weighted by Gasteiger charge is 2.29. The van der Waals surface area contributed by atoms with Crippen molar-refractivity contribution in [1.29, 1.82) is 0 Å². The predicted octanol–water partition coefficient (Wildman–Crippen LogP) is 3.65. The Labute approximate surface area is 321 Å². The van der Waals surface area contributed by atoms with Crippen LogP contribution in [0.4, 0.5) is 15.6 Å². The van der Waals surface area contributed by atoms with Crippen LogP contribution in [0.2, 0.25) is 0 Å². The highest BCUT2D eigenvalue weighted by atomic mass is 32.2. The molecule has 6 amide bonds. The average molecular weight is 784 g/mol. The summed E-state index contributed by atoms with van der Waals surface area (Å²) < 4.78 is 5.50. The van der Waals surface area contributed by atoms with Gasteiger partial charge in [0.15, 0.2) is 10.2 Å². The molecule has 3 aromatic rings. The van der Waals surface area contributed by atoms with Crippen LogP contribution < -0.4 is 31.9 Å². The van der Waals surface area contributed by atoms with Crippen molar-refractivity contribution in [3.05, 3.63) is 76.8 Å². The average Bonchev–Trinajstić information content (AvgIpc) is 3.56. The second kappa shape index (κ2) is 20.2. The molecule has 0 aliphatic rings. The maximum atomic E-state index is 13.0. The van der Waals surface area contributed by atoms with Gasteiger partial charge in [0, 0.05) is 35.8 Å². The topological polar surface area (TPSA) is 234 Å². The third kappa shape index (κ3) is 16.1. The number of nitrogens with zero attached hydrogens (tertiary/aromatic N) is 1. The van der Waals surface area contributed by atoms with Gasteiger partial charge in [0.2, 0.25) is 17.7 Å². The molecule has 0 saturated heterocycles. The number of carboxylic acid groups (broad SMARTS) is 1. The zero-order valence-electron chi connectivity index (χ0n) is 30.6. The first-order valence-electron chi connectivity index (χ1n) is 16.7. The molecule has 0 bridgehead atoms. The standard InChI is InChI=1S/C36H45N7O9S2/c1-22(44)54-36(4,5)21-52-35(2,3)16-28(45)37-17-24-11-13-25(14-12-24)40-32(50)26(15-30(47)48)41-29(46)19-38-31(49)27-20-53-34(42-27)43-33(51)39-18-23-9-7-6-8-10-23/h6-14,20,26H,15-19,21H2,1-5H3,(H,37,45)(H,38,49)(H,40,50)(H,41,46)(H,47,48)(H2,39,42,43,51). The van der Waals surface area contributed by atoms with Crippen molar-refractivity contribution in [1.82, 2.24) is 26.3 Å². The number of aliphatic carboxylic acids is 1. The van der Waals surface area contributed by atoms with Crippen molar-refractivity contribution in [3.63, 3.8) is 0 Å². The van der Waals surface area contributed by atoms with E-state index in [9.17, 15) is 38.7 Å². The molecule has 0 spiro atoms. The van der Waals surface area contributed by atoms with E-state index in [1.165, 1.54) is 24.1 Å². The van der Waals surface area contributed by atoms with Crippen LogP contribution in [0.1, 0.15) is 69.1 Å². The van der Waals surface area contributed by atoms with E-state index >= 15 is 0 Å². The molecule has 1 heterocycles. The summed E-state index contributed by atoms with van der Waals surface area (Å²) in [5.74, 6) is -3.93. The predicted molar refractivity (Wildman–Crippen MR) is 205 cm³/mol. The number of ether oxygens (including phenoxy) is 1. The summed E-state index contributed by atoms with van der Waals surface area (Å²) in [6.45, 7) is 9.05. The van der Waals surface area contributed by atoms with Crippen LogP contribution in [0.3, 0.4) is 0 Å². The maximum absolute atomic E-state index is 13.0. The number of carbonyl (C=O) groups is 7. The smallest absolute Gasteiger partial charge is 0.321 e. The normalized spacial score (nSPS) is 11.8. The Hall–Kier alpha value is -5.33. The van der Waals surface area contributed by atoms with Crippen LogP contribution in [0.25, 0.3) is 0 Å². The number of thiazole rings is 1. The molecule has 0 aliphatic heterocycles. The lowest BCUT2D eigenvalue weighted by Crippen LogP contribution is -2.48. The summed E-state index contributed by atoms with van der Waals surface area (Å²) in [7, 11) is 0. The van der Waals surface area contributed by atoms with Crippen molar-refractivity contribution >= 4 is 74.7 Å². The number of aromatic nitrogens is 1. The van der Waals surface area contributed by atoms with Crippen LogP contribution in [0.5, 0.6) is 0 Å². The van der Waals surface area contributed by atoms with Gasteiger partial charge in [-0.05, 0) is 51.0 Å². The highest BCUT2D eigenvalue weighted by Crippen LogP contribution is 2.28. The molecule has 1 aromatic heterocycles. The lowest BCUT2D eigenvalue weighted by molar-refractivity contribution is -0.139. The van der Waals surface area contributed by atoms with E-state index < -0.39 is 59.1 Å². The minimum atomic E-state index is -1.47. The lowest BCUT2D eigenvalue weighted by atomic mass is 10.0. The van der Waals surface area contributed by atoms with Crippen LogP contribution >= 0.6 is 23.1 Å². The van der Waals surface area contributed by atoms with Crippen LogP contribution in [0.15, 0.2) is 60.0 Å². The van der Waals surface area contributed by atoms with Crippen LogP contribution in [0, 0.1) is 0 Å². The third-order valence-electron chi connectivity index (χ3n) is 7.22. The van der Waals surface area contributed by atoms with Gasteiger partial charge in [-0.15, -0.1) is 11.3 Å². The fourth-order valence-corrected chi connectivity index (χ4v) is 6.24. The zero-order chi connectivity index (χ0) is 39.9. The number of rotatable bonds is 19. The summed E-state index contributed by atoms with van der Waals surface area (Å²) in [5.41, 5.74) is 1.10. The number of benzene rings is 2. The van der Waals surface area contributed by atoms with Crippen molar-refractivity contribution < 1.29 is 43.4 Å². The van der Waals surface area contributed by atoms with Gasteiger partial charge in [-0.25, -0.2) is 9.78 Å². The number of carbonyl (C=O) groups excluding carboxylic acids is 6. The fourth-order valence-electron chi connectivity index (χ4n) is 4.66. The molecular weight excluding hydrogens is 739 g/mol. The first kappa shape index (κ1) is 43.1. The minimum absolute atomic E-state index is 0.0175. The molecule has 3 rings (SSSR count). The summed E-state index contributed by atoms with van der Waals surface area (Å²) >= 11 is 2.18. The minimum Gasteiger partial charge on any atom is -0.481 e. The molecule has 16 nitrogen and oxygen atoms in total. The number of anilines is 2. The Morgan fingerprint density at radius 3 is 2.15 bits per heavy atom. The Morgan fingerprint density at radius 2 is 1.50 bits per heavy atom. The lowest BCUT2D eigenvalue weighted by Gasteiger charge is -2.30. The molecule has 54 heavy (non-hydrogen) atoms. The van der Waals surface area contributed by atoms with Gasteiger partial charge >= 0.3 is 12.0 Å². The molecule has 0 fully saturated rings. The van der Waals surface area contributed by atoms with Crippen molar-refractivity contribution in [2.45, 2.75) is 76.9 Å². The van der Waals surface area contributed by atoms with Gasteiger partial charge in [0.05, 0.1) is 31.6 Å². The molecule has 0 aliphatic carbocycles. The van der Waals surface area contributed by atoms with Crippen LogP contribution in [-0.2, 0) is 41.8 Å². The first-order valence-corrected chi connectivity index (χ1v) is 18.4.